The van der Waals surface area contributed by atoms with Crippen molar-refractivity contribution in [3.8, 4) is 0 Å². The van der Waals surface area contributed by atoms with Crippen LogP contribution >= 0.6 is 0 Å². The molecule has 0 spiro atoms. The van der Waals surface area contributed by atoms with Gasteiger partial charge in [-0.3, -0.25) is 10.1 Å². The highest BCUT2D eigenvalue weighted by molar-refractivity contribution is 5.56. The minimum absolute atomic E-state index is 0.0909. The van der Waals surface area contributed by atoms with Crippen LogP contribution in [0.3, 0.4) is 0 Å². The predicted molar refractivity (Wildman–Crippen MR) is 71.4 cm³/mol. The first-order valence-electron chi connectivity index (χ1n) is 6.54. The second kappa shape index (κ2) is 4.66. The van der Waals surface area contributed by atoms with Crippen molar-refractivity contribution in [2.45, 2.75) is 18.9 Å². The molecule has 4 rings (SSSR count). The van der Waals surface area contributed by atoms with Crippen molar-refractivity contribution in [2.24, 2.45) is 5.92 Å². The largest absolute Gasteiger partial charge is 0.387 e. The van der Waals surface area contributed by atoms with Gasteiger partial charge >= 0.3 is 0 Å². The van der Waals surface area contributed by atoms with Crippen molar-refractivity contribution in [1.82, 2.24) is 4.90 Å². The molecule has 1 aromatic rings. The number of non-ortho nitro benzene ring substituents is 1. The Kier molecular flexibility index (Phi) is 2.98. The van der Waals surface area contributed by atoms with E-state index in [1.54, 1.807) is 12.1 Å². The normalized spacial score (nSPS) is 27.8. The molecule has 0 aromatic heterocycles. The first-order chi connectivity index (χ1) is 9.15. The van der Waals surface area contributed by atoms with Crippen molar-refractivity contribution in [3.05, 3.63) is 45.6 Å². The van der Waals surface area contributed by atoms with E-state index in [9.17, 15) is 15.2 Å². The van der Waals surface area contributed by atoms with E-state index < -0.39 is 11.0 Å². The topological polar surface area (TPSA) is 66.6 Å². The maximum Gasteiger partial charge on any atom is 0.269 e. The van der Waals surface area contributed by atoms with Crippen LogP contribution in [0.25, 0.3) is 6.08 Å². The fraction of sp³-hybridized carbons (Fsp3) is 0.429. The minimum atomic E-state index is -0.405. The number of aliphatic hydroxyl groups excluding tert-OH is 1. The average molecular weight is 260 g/mol. The summed E-state index contributed by atoms with van der Waals surface area (Å²) < 4.78 is 0. The molecule has 2 bridgehead atoms. The Bertz CT molecular complexity index is 512. The number of aliphatic hydroxyl groups is 1. The van der Waals surface area contributed by atoms with E-state index in [1.807, 2.05) is 6.08 Å². The Labute approximate surface area is 111 Å². The summed E-state index contributed by atoms with van der Waals surface area (Å²) in [6.45, 7) is 2.00. The molecule has 0 radical (unpaired) electrons. The number of fused-ring (bicyclic) bond motifs is 3. The Morgan fingerprint density at radius 3 is 2.42 bits per heavy atom. The van der Waals surface area contributed by atoms with E-state index in [4.69, 9.17) is 0 Å². The van der Waals surface area contributed by atoms with Crippen LogP contribution in [0.5, 0.6) is 0 Å². The lowest BCUT2D eigenvalue weighted by Crippen LogP contribution is -2.48. The van der Waals surface area contributed by atoms with E-state index in [0.717, 1.165) is 37.2 Å². The van der Waals surface area contributed by atoms with E-state index in [0.29, 0.717) is 5.92 Å². The van der Waals surface area contributed by atoms with Crippen LogP contribution in [-0.2, 0) is 0 Å². The number of piperidine rings is 3. The van der Waals surface area contributed by atoms with Crippen LogP contribution in [-0.4, -0.2) is 34.1 Å². The maximum atomic E-state index is 10.6. The SMILES string of the molecule is O=[N+]([O-])c1ccc(/C=C2\C(O)C3CCN2CC3)cc1. The molecule has 1 atom stereocenters. The average Bonchev–Trinajstić information content (AvgIpc) is 2.44. The molecule has 3 saturated heterocycles. The zero-order valence-electron chi connectivity index (χ0n) is 10.5. The van der Waals surface area contributed by atoms with Crippen molar-refractivity contribution in [3.63, 3.8) is 0 Å². The van der Waals surface area contributed by atoms with Gasteiger partial charge < -0.3 is 10.0 Å². The predicted octanol–water partition coefficient (Wildman–Crippen LogP) is 2.02. The molecule has 19 heavy (non-hydrogen) atoms. The molecule has 3 fully saturated rings. The Hall–Kier alpha value is -1.88. The molecule has 0 aliphatic carbocycles. The van der Waals surface area contributed by atoms with E-state index in [-0.39, 0.29) is 5.69 Å². The summed E-state index contributed by atoms with van der Waals surface area (Å²) in [5, 5.41) is 20.8. The Morgan fingerprint density at radius 2 is 1.89 bits per heavy atom. The second-order valence-electron chi connectivity index (χ2n) is 5.19. The van der Waals surface area contributed by atoms with Gasteiger partial charge in [-0.1, -0.05) is 0 Å². The lowest BCUT2D eigenvalue weighted by molar-refractivity contribution is -0.384. The summed E-state index contributed by atoms with van der Waals surface area (Å²) in [6.07, 6.45) is 3.66. The molecule has 5 nitrogen and oxygen atoms in total. The molecule has 3 heterocycles. The number of rotatable bonds is 2. The van der Waals surface area contributed by atoms with Gasteiger partial charge in [0.05, 0.1) is 11.0 Å². The van der Waals surface area contributed by atoms with E-state index in [1.165, 1.54) is 12.1 Å². The highest BCUT2D eigenvalue weighted by Gasteiger charge is 2.36. The molecule has 1 N–H and O–H groups in total. The number of nitro groups is 1. The first-order valence-corrected chi connectivity index (χ1v) is 6.54. The summed E-state index contributed by atoms with van der Waals surface area (Å²) in [5.74, 6) is 0.370. The smallest absolute Gasteiger partial charge is 0.269 e. The number of benzene rings is 1. The quantitative estimate of drug-likeness (QED) is 0.652. The third-order valence-corrected chi connectivity index (χ3v) is 4.07. The van der Waals surface area contributed by atoms with Gasteiger partial charge in [0, 0.05) is 30.9 Å². The zero-order valence-corrected chi connectivity index (χ0v) is 10.5. The van der Waals surface area contributed by atoms with Crippen LogP contribution in [0, 0.1) is 16.0 Å². The first kappa shape index (κ1) is 12.2. The fourth-order valence-corrected chi connectivity index (χ4v) is 2.94. The van der Waals surface area contributed by atoms with Gasteiger partial charge in [0.1, 0.15) is 0 Å². The van der Waals surface area contributed by atoms with Gasteiger partial charge in [0.2, 0.25) is 0 Å². The van der Waals surface area contributed by atoms with Crippen LogP contribution < -0.4 is 0 Å². The summed E-state index contributed by atoms with van der Waals surface area (Å²) in [7, 11) is 0. The summed E-state index contributed by atoms with van der Waals surface area (Å²) in [4.78, 5) is 12.4. The zero-order chi connectivity index (χ0) is 13.4. The summed E-state index contributed by atoms with van der Waals surface area (Å²) in [6, 6.07) is 6.44. The minimum Gasteiger partial charge on any atom is -0.387 e. The van der Waals surface area contributed by atoms with Gasteiger partial charge in [-0.15, -0.1) is 0 Å². The van der Waals surface area contributed by atoms with Gasteiger partial charge in [-0.2, -0.15) is 0 Å². The van der Waals surface area contributed by atoms with E-state index >= 15 is 0 Å². The molecular formula is C14H16N2O3. The highest BCUT2D eigenvalue weighted by atomic mass is 16.6. The van der Waals surface area contributed by atoms with Crippen molar-refractivity contribution in [1.29, 1.82) is 0 Å². The van der Waals surface area contributed by atoms with Gasteiger partial charge in [-0.25, -0.2) is 0 Å². The van der Waals surface area contributed by atoms with Crippen LogP contribution in [0.15, 0.2) is 30.0 Å². The third-order valence-electron chi connectivity index (χ3n) is 4.07. The van der Waals surface area contributed by atoms with Crippen molar-refractivity contribution >= 4 is 11.8 Å². The lowest BCUT2D eigenvalue weighted by Gasteiger charge is -2.45. The lowest BCUT2D eigenvalue weighted by atomic mass is 9.83. The molecule has 3 aliphatic rings. The van der Waals surface area contributed by atoms with Crippen LogP contribution in [0.2, 0.25) is 0 Å². The molecule has 1 aromatic carbocycles. The number of hydrogen-bond acceptors (Lipinski definition) is 4. The van der Waals surface area contributed by atoms with Crippen molar-refractivity contribution in [2.75, 3.05) is 13.1 Å². The Balaban J connectivity index is 1.86. The monoisotopic (exact) mass is 260 g/mol. The van der Waals surface area contributed by atoms with Gasteiger partial charge in [0.25, 0.3) is 5.69 Å². The maximum absolute atomic E-state index is 10.6. The molecule has 100 valence electrons. The molecule has 0 saturated carbocycles. The van der Waals surface area contributed by atoms with Crippen LogP contribution in [0.4, 0.5) is 5.69 Å². The number of nitro benzene ring substituents is 1. The van der Waals surface area contributed by atoms with E-state index in [2.05, 4.69) is 4.90 Å². The molecule has 5 heteroatoms. The van der Waals surface area contributed by atoms with Gasteiger partial charge in [-0.05, 0) is 42.5 Å². The van der Waals surface area contributed by atoms with Crippen LogP contribution in [0.1, 0.15) is 18.4 Å². The van der Waals surface area contributed by atoms with Crippen molar-refractivity contribution < 1.29 is 10.0 Å². The number of hydrogen-bond donors (Lipinski definition) is 1. The summed E-state index contributed by atoms with van der Waals surface area (Å²) in [5.41, 5.74) is 1.94. The standard InChI is InChI=1S/C14H16N2O3/c17-14-11-5-7-15(8-6-11)13(14)9-10-1-3-12(4-2-10)16(18)19/h1-4,9,11,14,17H,5-8H2/b13-9+. The Morgan fingerprint density at radius 1 is 1.26 bits per heavy atom. The third kappa shape index (κ3) is 2.21. The molecule has 0 amide bonds. The molecule has 3 aliphatic heterocycles. The molecule has 1 unspecified atom stereocenters. The second-order valence-corrected chi connectivity index (χ2v) is 5.19. The summed E-state index contributed by atoms with van der Waals surface area (Å²) >= 11 is 0. The fourth-order valence-electron chi connectivity index (χ4n) is 2.94. The molecular weight excluding hydrogens is 244 g/mol. The number of nitrogens with zero attached hydrogens (tertiary/aromatic N) is 2. The highest BCUT2D eigenvalue weighted by Crippen LogP contribution is 2.35. The van der Waals surface area contributed by atoms with Gasteiger partial charge in [0.15, 0.2) is 0 Å².